The van der Waals surface area contributed by atoms with Crippen LogP contribution < -0.4 is 4.74 Å². The number of methoxy groups -OCH3 is 1. The molecule has 0 radical (unpaired) electrons. The lowest BCUT2D eigenvalue weighted by Gasteiger charge is -2.13. The Morgan fingerprint density at radius 1 is 1.33 bits per heavy atom. The van der Waals surface area contributed by atoms with Gasteiger partial charge in [-0.2, -0.15) is 0 Å². The Hall–Kier alpha value is -1.87. The van der Waals surface area contributed by atoms with Crippen LogP contribution in [0.1, 0.15) is 24.8 Å². The first-order chi connectivity index (χ1) is 10.3. The van der Waals surface area contributed by atoms with Gasteiger partial charge in [-0.3, -0.25) is 4.79 Å². The van der Waals surface area contributed by atoms with Gasteiger partial charge in [0.25, 0.3) is 0 Å². The molecule has 0 saturated carbocycles. The maximum Gasteiger partial charge on any atom is 0.158 e. The Morgan fingerprint density at radius 3 is 3.05 bits per heavy atom. The summed E-state index contributed by atoms with van der Waals surface area (Å²) < 4.78 is 10.5. The fourth-order valence-corrected chi connectivity index (χ4v) is 2.33. The van der Waals surface area contributed by atoms with E-state index in [1.807, 2.05) is 30.3 Å². The van der Waals surface area contributed by atoms with Gasteiger partial charge in [-0.25, -0.2) is 0 Å². The van der Waals surface area contributed by atoms with Crippen molar-refractivity contribution in [2.24, 2.45) is 5.92 Å². The van der Waals surface area contributed by atoms with E-state index in [2.05, 4.69) is 12.2 Å². The minimum absolute atomic E-state index is 0.146. The van der Waals surface area contributed by atoms with E-state index in [0.717, 1.165) is 30.6 Å². The molecule has 1 aliphatic carbocycles. The lowest BCUT2D eigenvalue weighted by atomic mass is 9.90. The summed E-state index contributed by atoms with van der Waals surface area (Å²) >= 11 is 0. The van der Waals surface area contributed by atoms with Gasteiger partial charge in [-0.15, -0.1) is 0 Å². The highest BCUT2D eigenvalue weighted by atomic mass is 16.5. The first-order valence-electron chi connectivity index (χ1n) is 7.38. The van der Waals surface area contributed by atoms with Crippen molar-refractivity contribution in [1.29, 1.82) is 0 Å². The first-order valence-corrected chi connectivity index (χ1v) is 7.38. The quantitative estimate of drug-likeness (QED) is 0.718. The summed E-state index contributed by atoms with van der Waals surface area (Å²) in [5.74, 6) is 1.24. The second-order valence-corrected chi connectivity index (χ2v) is 5.13. The molecule has 0 N–H and O–H groups in total. The van der Waals surface area contributed by atoms with Crippen molar-refractivity contribution in [3.8, 4) is 5.75 Å². The molecule has 1 atom stereocenters. The van der Waals surface area contributed by atoms with Crippen LogP contribution in [0.25, 0.3) is 6.08 Å². The summed E-state index contributed by atoms with van der Waals surface area (Å²) in [5.41, 5.74) is 1.09. The van der Waals surface area contributed by atoms with Gasteiger partial charge in [0, 0.05) is 13.0 Å². The van der Waals surface area contributed by atoms with E-state index in [4.69, 9.17) is 9.47 Å². The van der Waals surface area contributed by atoms with Crippen LogP contribution in [0, 0.1) is 5.92 Å². The minimum Gasteiger partial charge on any atom is -0.491 e. The van der Waals surface area contributed by atoms with E-state index in [1.54, 1.807) is 13.2 Å². The molecule has 0 saturated heterocycles. The Bertz CT molecular complexity index is 517. The van der Waals surface area contributed by atoms with Crippen molar-refractivity contribution in [1.82, 2.24) is 0 Å². The number of hydrogen-bond acceptors (Lipinski definition) is 3. The average Bonchev–Trinajstić information content (AvgIpc) is 2.50. The van der Waals surface area contributed by atoms with Crippen LogP contribution in [0.4, 0.5) is 0 Å². The van der Waals surface area contributed by atoms with Crippen molar-refractivity contribution < 1.29 is 14.3 Å². The molecule has 0 amide bonds. The molecule has 3 nitrogen and oxygen atoms in total. The number of rotatable bonds is 7. The van der Waals surface area contributed by atoms with Gasteiger partial charge >= 0.3 is 0 Å². The Labute approximate surface area is 126 Å². The summed E-state index contributed by atoms with van der Waals surface area (Å²) in [6.45, 7) is 1.13. The molecular weight excluding hydrogens is 264 g/mol. The van der Waals surface area contributed by atoms with Crippen LogP contribution in [0.15, 0.2) is 42.5 Å². The highest BCUT2D eigenvalue weighted by molar-refractivity contribution is 5.92. The van der Waals surface area contributed by atoms with Crippen molar-refractivity contribution >= 4 is 11.9 Å². The molecule has 1 aliphatic rings. The molecule has 0 aliphatic heterocycles. The number of allylic oxidation sites excluding steroid dienone is 3. The molecule has 0 spiro atoms. The SMILES string of the molecule is COCCOc1cccc(/C=C/CC2CCC=CC2=O)c1. The zero-order valence-corrected chi connectivity index (χ0v) is 12.5. The first kappa shape index (κ1) is 15.5. The topological polar surface area (TPSA) is 35.5 Å². The van der Waals surface area contributed by atoms with Crippen LogP contribution in [0.5, 0.6) is 5.75 Å². The number of ether oxygens (including phenoxy) is 2. The standard InChI is InChI=1S/C18H22O3/c1-20-12-13-21-17-10-5-7-15(14-17)6-4-9-16-8-2-3-11-18(16)19/h3-7,10-11,14,16H,2,8-9,12-13H2,1H3/b6-4+. The van der Waals surface area contributed by atoms with E-state index in [-0.39, 0.29) is 11.7 Å². The number of carbonyl (C=O) groups is 1. The highest BCUT2D eigenvalue weighted by Gasteiger charge is 2.16. The molecule has 1 unspecified atom stereocenters. The highest BCUT2D eigenvalue weighted by Crippen LogP contribution is 2.20. The molecular formula is C18H22O3. The zero-order chi connectivity index (χ0) is 14.9. The van der Waals surface area contributed by atoms with Crippen LogP contribution >= 0.6 is 0 Å². The van der Waals surface area contributed by atoms with Crippen LogP contribution in [-0.4, -0.2) is 26.1 Å². The maximum absolute atomic E-state index is 11.7. The van der Waals surface area contributed by atoms with Gasteiger partial charge in [0.05, 0.1) is 6.61 Å². The van der Waals surface area contributed by atoms with E-state index in [0.29, 0.717) is 13.2 Å². The smallest absolute Gasteiger partial charge is 0.158 e. The van der Waals surface area contributed by atoms with Crippen molar-refractivity contribution in [2.45, 2.75) is 19.3 Å². The fraction of sp³-hybridized carbons (Fsp3) is 0.389. The van der Waals surface area contributed by atoms with Gasteiger partial charge in [-0.05, 0) is 43.0 Å². The number of ketones is 1. The van der Waals surface area contributed by atoms with Gasteiger partial charge in [0.2, 0.25) is 0 Å². The summed E-state index contributed by atoms with van der Waals surface area (Å²) in [4.78, 5) is 11.7. The monoisotopic (exact) mass is 286 g/mol. The Morgan fingerprint density at radius 2 is 2.24 bits per heavy atom. The molecule has 2 rings (SSSR count). The molecule has 21 heavy (non-hydrogen) atoms. The van der Waals surface area contributed by atoms with Crippen molar-refractivity contribution in [3.05, 3.63) is 48.1 Å². The second kappa shape index (κ2) is 8.42. The van der Waals surface area contributed by atoms with E-state index in [9.17, 15) is 4.79 Å². The van der Waals surface area contributed by atoms with E-state index < -0.39 is 0 Å². The normalized spacial score (nSPS) is 18.3. The predicted octanol–water partition coefficient (Wildman–Crippen LogP) is 3.65. The predicted molar refractivity (Wildman–Crippen MR) is 84.3 cm³/mol. The third kappa shape index (κ3) is 5.20. The minimum atomic E-state index is 0.146. The van der Waals surface area contributed by atoms with Gasteiger partial charge in [0.1, 0.15) is 12.4 Å². The summed E-state index contributed by atoms with van der Waals surface area (Å²) in [5, 5.41) is 0. The van der Waals surface area contributed by atoms with Crippen LogP contribution in [0.3, 0.4) is 0 Å². The summed E-state index contributed by atoms with van der Waals surface area (Å²) in [7, 11) is 1.66. The van der Waals surface area contributed by atoms with Gasteiger partial charge < -0.3 is 9.47 Å². The Balaban J connectivity index is 1.87. The molecule has 3 heteroatoms. The molecule has 1 aromatic rings. The van der Waals surface area contributed by atoms with Crippen molar-refractivity contribution in [3.63, 3.8) is 0 Å². The number of hydrogen-bond donors (Lipinski definition) is 0. The summed E-state index contributed by atoms with van der Waals surface area (Å²) in [6, 6.07) is 7.93. The van der Waals surface area contributed by atoms with Gasteiger partial charge in [0.15, 0.2) is 5.78 Å². The third-order valence-electron chi connectivity index (χ3n) is 3.51. The lowest BCUT2D eigenvalue weighted by Crippen LogP contribution is -2.13. The van der Waals surface area contributed by atoms with Crippen molar-refractivity contribution in [2.75, 3.05) is 20.3 Å². The average molecular weight is 286 g/mol. The molecule has 1 aromatic carbocycles. The number of benzene rings is 1. The van der Waals surface area contributed by atoms with E-state index in [1.165, 1.54) is 0 Å². The molecule has 0 aromatic heterocycles. The molecule has 112 valence electrons. The number of carbonyl (C=O) groups excluding carboxylic acids is 1. The lowest BCUT2D eigenvalue weighted by molar-refractivity contribution is -0.118. The maximum atomic E-state index is 11.7. The van der Waals surface area contributed by atoms with Crippen LogP contribution in [-0.2, 0) is 9.53 Å². The molecule has 0 fully saturated rings. The third-order valence-corrected chi connectivity index (χ3v) is 3.51. The van der Waals surface area contributed by atoms with Gasteiger partial charge in [-0.1, -0.05) is 30.4 Å². The molecule has 0 bridgehead atoms. The fourth-order valence-electron chi connectivity index (χ4n) is 2.33. The molecule has 0 heterocycles. The Kier molecular flexibility index (Phi) is 6.22. The summed E-state index contributed by atoms with van der Waals surface area (Å²) in [6.07, 6.45) is 10.6. The zero-order valence-electron chi connectivity index (χ0n) is 12.5. The second-order valence-electron chi connectivity index (χ2n) is 5.13. The van der Waals surface area contributed by atoms with Crippen LogP contribution in [0.2, 0.25) is 0 Å². The largest absolute Gasteiger partial charge is 0.491 e. The van der Waals surface area contributed by atoms with E-state index >= 15 is 0 Å².